The number of hydrogen-bond donors (Lipinski definition) is 2. The van der Waals surface area contributed by atoms with Crippen LogP contribution in [0.2, 0.25) is 0 Å². The molecule has 27 heavy (non-hydrogen) atoms. The number of carbonyl (C=O) groups excluding carboxylic acids is 1. The van der Waals surface area contributed by atoms with E-state index in [1.54, 1.807) is 36.4 Å². The number of benzene rings is 3. The van der Waals surface area contributed by atoms with Crippen molar-refractivity contribution in [3.05, 3.63) is 84.4 Å². The van der Waals surface area contributed by atoms with Gasteiger partial charge in [0.1, 0.15) is 0 Å². The lowest BCUT2D eigenvalue weighted by atomic mass is 10.1. The molecule has 4 rings (SSSR count). The van der Waals surface area contributed by atoms with Crippen LogP contribution in [0.3, 0.4) is 0 Å². The molecule has 3 aromatic carbocycles. The van der Waals surface area contributed by atoms with Crippen molar-refractivity contribution < 1.29 is 9.32 Å². The minimum Gasteiger partial charge on any atom is -0.399 e. The molecule has 6 heteroatoms. The number of nitrogens with one attached hydrogen (secondary N) is 1. The monoisotopic (exact) mass is 356 g/mol. The molecule has 1 aromatic heterocycles. The number of carbonyl (C=O) groups is 1. The van der Waals surface area contributed by atoms with Gasteiger partial charge in [0.15, 0.2) is 0 Å². The molecule has 0 spiro atoms. The highest BCUT2D eigenvalue weighted by Crippen LogP contribution is 2.23. The maximum atomic E-state index is 12.2. The summed E-state index contributed by atoms with van der Waals surface area (Å²) in [5.41, 5.74) is 9.13. The summed E-state index contributed by atoms with van der Waals surface area (Å²) in [4.78, 5) is 16.7. The van der Waals surface area contributed by atoms with Crippen LogP contribution in [0.15, 0.2) is 83.4 Å². The second-order valence-electron chi connectivity index (χ2n) is 5.94. The first-order chi connectivity index (χ1) is 13.2. The fourth-order valence-electron chi connectivity index (χ4n) is 2.58. The fraction of sp³-hybridized carbons (Fsp3) is 0. The average molecular weight is 356 g/mol. The van der Waals surface area contributed by atoms with Gasteiger partial charge < -0.3 is 15.6 Å². The molecular formula is C21H16N4O2. The summed E-state index contributed by atoms with van der Waals surface area (Å²) in [6, 6.07) is 23.6. The second-order valence-corrected chi connectivity index (χ2v) is 5.94. The van der Waals surface area contributed by atoms with E-state index in [1.807, 2.05) is 42.5 Å². The van der Waals surface area contributed by atoms with Gasteiger partial charge >= 0.3 is 0 Å². The second kappa shape index (κ2) is 7.13. The molecule has 0 saturated heterocycles. The van der Waals surface area contributed by atoms with Crippen molar-refractivity contribution >= 4 is 17.3 Å². The van der Waals surface area contributed by atoms with E-state index in [1.165, 1.54) is 0 Å². The van der Waals surface area contributed by atoms with Gasteiger partial charge in [-0.1, -0.05) is 35.5 Å². The predicted molar refractivity (Wildman–Crippen MR) is 104 cm³/mol. The van der Waals surface area contributed by atoms with Crippen LogP contribution in [0.1, 0.15) is 10.4 Å². The van der Waals surface area contributed by atoms with Gasteiger partial charge in [-0.05, 0) is 48.5 Å². The Balaban J connectivity index is 1.48. The molecule has 0 fully saturated rings. The zero-order chi connectivity index (χ0) is 18.6. The summed E-state index contributed by atoms with van der Waals surface area (Å²) in [6.07, 6.45) is 0. The number of amides is 1. The molecule has 3 N–H and O–H groups in total. The van der Waals surface area contributed by atoms with Crippen LogP contribution in [0, 0.1) is 0 Å². The van der Waals surface area contributed by atoms with E-state index in [2.05, 4.69) is 15.5 Å². The lowest BCUT2D eigenvalue weighted by Crippen LogP contribution is -2.11. The number of anilines is 2. The van der Waals surface area contributed by atoms with E-state index >= 15 is 0 Å². The Labute approximate surface area is 155 Å². The molecule has 0 radical (unpaired) electrons. The Bertz CT molecular complexity index is 1060. The van der Waals surface area contributed by atoms with Crippen LogP contribution < -0.4 is 11.1 Å². The van der Waals surface area contributed by atoms with Crippen LogP contribution in [0.5, 0.6) is 0 Å². The van der Waals surface area contributed by atoms with Crippen LogP contribution in [-0.2, 0) is 0 Å². The van der Waals surface area contributed by atoms with E-state index in [0.717, 1.165) is 11.1 Å². The first-order valence-electron chi connectivity index (χ1n) is 8.35. The van der Waals surface area contributed by atoms with Crippen LogP contribution in [-0.4, -0.2) is 16.0 Å². The average Bonchev–Trinajstić information content (AvgIpc) is 3.20. The van der Waals surface area contributed by atoms with Crippen LogP contribution in [0.25, 0.3) is 22.8 Å². The van der Waals surface area contributed by atoms with Crippen molar-refractivity contribution in [2.24, 2.45) is 0 Å². The third-order valence-electron chi connectivity index (χ3n) is 4.02. The molecular weight excluding hydrogens is 340 g/mol. The van der Waals surface area contributed by atoms with Crippen LogP contribution >= 0.6 is 0 Å². The Morgan fingerprint density at radius 2 is 1.56 bits per heavy atom. The molecule has 0 bridgehead atoms. The van der Waals surface area contributed by atoms with E-state index in [4.69, 9.17) is 10.3 Å². The van der Waals surface area contributed by atoms with Crippen molar-refractivity contribution in [3.8, 4) is 22.8 Å². The van der Waals surface area contributed by atoms with Gasteiger partial charge in [-0.25, -0.2) is 0 Å². The summed E-state index contributed by atoms with van der Waals surface area (Å²) in [5, 5.41) is 6.86. The summed E-state index contributed by atoms with van der Waals surface area (Å²) >= 11 is 0. The van der Waals surface area contributed by atoms with Gasteiger partial charge in [-0.2, -0.15) is 4.98 Å². The van der Waals surface area contributed by atoms with E-state index in [0.29, 0.717) is 28.7 Å². The van der Waals surface area contributed by atoms with Gasteiger partial charge in [0.25, 0.3) is 11.8 Å². The largest absolute Gasteiger partial charge is 0.399 e. The molecule has 132 valence electrons. The molecule has 0 saturated carbocycles. The third kappa shape index (κ3) is 3.69. The molecule has 1 heterocycles. The highest BCUT2D eigenvalue weighted by Gasteiger charge is 2.11. The fourth-order valence-corrected chi connectivity index (χ4v) is 2.58. The minimum atomic E-state index is -0.202. The maximum Gasteiger partial charge on any atom is 0.258 e. The number of rotatable bonds is 4. The predicted octanol–water partition coefficient (Wildman–Crippen LogP) is 4.24. The minimum absolute atomic E-state index is 0.202. The number of nitrogens with two attached hydrogens (primary N) is 1. The maximum absolute atomic E-state index is 12.2. The Kier molecular flexibility index (Phi) is 4.37. The highest BCUT2D eigenvalue weighted by atomic mass is 16.5. The zero-order valence-electron chi connectivity index (χ0n) is 14.3. The quantitative estimate of drug-likeness (QED) is 0.533. The summed E-state index contributed by atoms with van der Waals surface area (Å²) in [6.45, 7) is 0. The van der Waals surface area contributed by atoms with E-state index in [9.17, 15) is 4.79 Å². The zero-order valence-corrected chi connectivity index (χ0v) is 14.3. The highest BCUT2D eigenvalue weighted by molar-refractivity contribution is 6.04. The van der Waals surface area contributed by atoms with Gasteiger partial charge in [0.05, 0.1) is 0 Å². The SMILES string of the molecule is Nc1ccc(C(=O)Nc2ccc(-c3nc(-c4ccccc4)no3)cc2)cc1. The van der Waals surface area contributed by atoms with E-state index < -0.39 is 0 Å². The Morgan fingerprint density at radius 1 is 0.852 bits per heavy atom. The van der Waals surface area contributed by atoms with Gasteiger partial charge in [-0.3, -0.25) is 4.79 Å². The molecule has 6 nitrogen and oxygen atoms in total. The molecule has 0 aliphatic rings. The lowest BCUT2D eigenvalue weighted by molar-refractivity contribution is 0.102. The van der Waals surface area contributed by atoms with Crippen molar-refractivity contribution in [1.82, 2.24) is 10.1 Å². The lowest BCUT2D eigenvalue weighted by Gasteiger charge is -2.06. The summed E-state index contributed by atoms with van der Waals surface area (Å²) in [5.74, 6) is 0.753. The number of nitrogen functional groups attached to an aromatic ring is 1. The normalized spacial score (nSPS) is 10.5. The molecule has 0 unspecified atom stereocenters. The van der Waals surface area contributed by atoms with Crippen molar-refractivity contribution in [1.29, 1.82) is 0 Å². The topological polar surface area (TPSA) is 94.0 Å². The summed E-state index contributed by atoms with van der Waals surface area (Å²) in [7, 11) is 0. The van der Waals surface area contributed by atoms with Crippen LogP contribution in [0.4, 0.5) is 11.4 Å². The Hall–Kier alpha value is -3.93. The summed E-state index contributed by atoms with van der Waals surface area (Å²) < 4.78 is 5.35. The molecule has 0 aliphatic heterocycles. The van der Waals surface area contributed by atoms with Crippen molar-refractivity contribution in [2.45, 2.75) is 0 Å². The van der Waals surface area contributed by atoms with Crippen molar-refractivity contribution in [3.63, 3.8) is 0 Å². The number of nitrogens with zero attached hydrogens (tertiary/aromatic N) is 2. The smallest absolute Gasteiger partial charge is 0.258 e. The Morgan fingerprint density at radius 3 is 2.26 bits per heavy atom. The molecule has 1 amide bonds. The first-order valence-corrected chi connectivity index (χ1v) is 8.35. The third-order valence-corrected chi connectivity index (χ3v) is 4.02. The van der Waals surface area contributed by atoms with Gasteiger partial charge in [-0.15, -0.1) is 0 Å². The number of hydrogen-bond acceptors (Lipinski definition) is 5. The van der Waals surface area contributed by atoms with E-state index in [-0.39, 0.29) is 5.91 Å². The molecule has 0 aliphatic carbocycles. The van der Waals surface area contributed by atoms with Gasteiger partial charge in [0.2, 0.25) is 5.82 Å². The molecule has 4 aromatic rings. The molecule has 0 atom stereocenters. The van der Waals surface area contributed by atoms with Crippen molar-refractivity contribution in [2.75, 3.05) is 11.1 Å². The standard InChI is InChI=1S/C21H16N4O2/c22-17-10-6-15(7-11-17)20(26)23-18-12-8-16(9-13-18)21-24-19(25-27-21)14-4-2-1-3-5-14/h1-13H,22H2,(H,23,26). The first kappa shape index (κ1) is 16.5. The number of aromatic nitrogens is 2. The van der Waals surface area contributed by atoms with Gasteiger partial charge in [0, 0.05) is 28.1 Å².